The molecular weight excluding hydrogens is 262 g/mol. The van der Waals surface area contributed by atoms with Crippen molar-refractivity contribution in [3.63, 3.8) is 0 Å². The maximum Gasteiger partial charge on any atom is 0.124 e. The van der Waals surface area contributed by atoms with Crippen LogP contribution in [-0.4, -0.2) is 18.3 Å². The summed E-state index contributed by atoms with van der Waals surface area (Å²) >= 11 is 0. The minimum atomic E-state index is -0.00509. The number of ether oxygens (including phenoxy) is 1. The normalized spacial score (nSPS) is 10.4. The van der Waals surface area contributed by atoms with E-state index in [1.54, 1.807) is 0 Å². The first-order valence-corrected chi connectivity index (χ1v) is 7.48. The summed E-state index contributed by atoms with van der Waals surface area (Å²) in [4.78, 5) is 0. The molecule has 21 heavy (non-hydrogen) atoms. The molecule has 2 N–H and O–H groups in total. The standard InChI is InChI=1S/C18H23NO2/c1-2-21-18-11-10-17(13-16(18)14-20)19-12-6-9-15-7-4-3-5-8-15/h3-5,7-8,10-11,13,19-20H,2,6,9,12,14H2,1H3. The van der Waals surface area contributed by atoms with Gasteiger partial charge in [-0.05, 0) is 43.5 Å². The molecule has 0 atom stereocenters. The zero-order valence-corrected chi connectivity index (χ0v) is 12.5. The molecule has 0 bridgehead atoms. The van der Waals surface area contributed by atoms with Crippen LogP contribution < -0.4 is 10.1 Å². The lowest BCUT2D eigenvalue weighted by atomic mass is 10.1. The van der Waals surface area contributed by atoms with Gasteiger partial charge in [-0.25, -0.2) is 0 Å². The summed E-state index contributed by atoms with van der Waals surface area (Å²) in [6.07, 6.45) is 2.14. The molecule has 0 saturated carbocycles. The Hall–Kier alpha value is -2.00. The largest absolute Gasteiger partial charge is 0.494 e. The van der Waals surface area contributed by atoms with Crippen molar-refractivity contribution >= 4 is 5.69 Å². The van der Waals surface area contributed by atoms with Gasteiger partial charge in [-0.3, -0.25) is 0 Å². The molecule has 0 aromatic heterocycles. The van der Waals surface area contributed by atoms with Crippen LogP contribution in [0.5, 0.6) is 5.75 Å². The van der Waals surface area contributed by atoms with Gasteiger partial charge in [0, 0.05) is 17.8 Å². The van der Waals surface area contributed by atoms with Crippen molar-refractivity contribution in [2.24, 2.45) is 0 Å². The highest BCUT2D eigenvalue weighted by Crippen LogP contribution is 2.23. The summed E-state index contributed by atoms with van der Waals surface area (Å²) in [5.74, 6) is 0.759. The minimum Gasteiger partial charge on any atom is -0.494 e. The predicted molar refractivity (Wildman–Crippen MR) is 86.8 cm³/mol. The lowest BCUT2D eigenvalue weighted by Crippen LogP contribution is -2.04. The lowest BCUT2D eigenvalue weighted by molar-refractivity contribution is 0.267. The van der Waals surface area contributed by atoms with Crippen LogP contribution in [0.3, 0.4) is 0 Å². The highest BCUT2D eigenvalue weighted by molar-refractivity contribution is 5.51. The van der Waals surface area contributed by atoms with Crippen LogP contribution in [0.1, 0.15) is 24.5 Å². The molecule has 0 aliphatic carbocycles. The monoisotopic (exact) mass is 285 g/mol. The van der Waals surface area contributed by atoms with Crippen molar-refractivity contribution in [1.82, 2.24) is 0 Å². The molecule has 0 aliphatic heterocycles. The summed E-state index contributed by atoms with van der Waals surface area (Å²) in [5, 5.41) is 12.8. The third-order valence-electron chi connectivity index (χ3n) is 3.34. The smallest absolute Gasteiger partial charge is 0.124 e. The summed E-state index contributed by atoms with van der Waals surface area (Å²) in [6, 6.07) is 16.3. The molecule has 2 aromatic rings. The predicted octanol–water partition coefficient (Wildman–Crippen LogP) is 3.62. The maximum atomic E-state index is 9.38. The molecule has 0 unspecified atom stereocenters. The number of benzene rings is 2. The van der Waals surface area contributed by atoms with Crippen molar-refractivity contribution in [2.75, 3.05) is 18.5 Å². The second kappa shape index (κ2) is 8.32. The van der Waals surface area contributed by atoms with Crippen LogP contribution in [0.2, 0.25) is 0 Å². The van der Waals surface area contributed by atoms with E-state index in [1.165, 1.54) is 5.56 Å². The zero-order valence-electron chi connectivity index (χ0n) is 12.5. The van der Waals surface area contributed by atoms with E-state index in [0.717, 1.165) is 36.4 Å². The fraction of sp³-hybridized carbons (Fsp3) is 0.333. The van der Waals surface area contributed by atoms with Crippen LogP contribution in [0, 0.1) is 0 Å². The second-order valence-electron chi connectivity index (χ2n) is 4.93. The number of aliphatic hydroxyl groups is 1. The van der Waals surface area contributed by atoms with Crippen LogP contribution >= 0.6 is 0 Å². The van der Waals surface area contributed by atoms with Crippen LogP contribution in [-0.2, 0) is 13.0 Å². The van der Waals surface area contributed by atoms with Crippen molar-refractivity contribution in [1.29, 1.82) is 0 Å². The Morgan fingerprint density at radius 2 is 1.90 bits per heavy atom. The van der Waals surface area contributed by atoms with E-state index < -0.39 is 0 Å². The number of hydrogen-bond donors (Lipinski definition) is 2. The molecule has 3 heteroatoms. The molecule has 0 heterocycles. The number of aliphatic hydroxyl groups excluding tert-OH is 1. The van der Waals surface area contributed by atoms with E-state index >= 15 is 0 Å². The van der Waals surface area contributed by atoms with E-state index in [4.69, 9.17) is 4.74 Å². The number of hydrogen-bond acceptors (Lipinski definition) is 3. The Kier molecular flexibility index (Phi) is 6.10. The number of anilines is 1. The first-order chi connectivity index (χ1) is 10.3. The molecule has 0 spiro atoms. The van der Waals surface area contributed by atoms with E-state index in [2.05, 4.69) is 29.6 Å². The molecule has 0 amide bonds. The highest BCUT2D eigenvalue weighted by Gasteiger charge is 2.03. The molecule has 112 valence electrons. The first kappa shape index (κ1) is 15.4. The van der Waals surface area contributed by atoms with Crippen molar-refractivity contribution < 1.29 is 9.84 Å². The van der Waals surface area contributed by atoms with Gasteiger partial charge in [0.05, 0.1) is 13.2 Å². The fourth-order valence-electron chi connectivity index (χ4n) is 2.28. The van der Waals surface area contributed by atoms with Gasteiger partial charge in [-0.2, -0.15) is 0 Å². The molecule has 0 aliphatic rings. The van der Waals surface area contributed by atoms with Gasteiger partial charge in [0.15, 0.2) is 0 Å². The molecular formula is C18H23NO2. The fourth-order valence-corrected chi connectivity index (χ4v) is 2.28. The maximum absolute atomic E-state index is 9.38. The number of nitrogens with one attached hydrogen (secondary N) is 1. The van der Waals surface area contributed by atoms with E-state index in [-0.39, 0.29) is 6.61 Å². The molecule has 0 radical (unpaired) electrons. The molecule has 0 saturated heterocycles. The third kappa shape index (κ3) is 4.80. The second-order valence-corrected chi connectivity index (χ2v) is 4.93. The van der Waals surface area contributed by atoms with Gasteiger partial charge in [0.2, 0.25) is 0 Å². The Labute approximate surface area is 126 Å². The molecule has 2 rings (SSSR count). The van der Waals surface area contributed by atoms with Crippen molar-refractivity contribution in [2.45, 2.75) is 26.4 Å². The molecule has 0 fully saturated rings. The lowest BCUT2D eigenvalue weighted by Gasteiger charge is -2.12. The Bertz CT molecular complexity index is 540. The van der Waals surface area contributed by atoms with E-state index in [0.29, 0.717) is 6.61 Å². The van der Waals surface area contributed by atoms with Crippen LogP contribution in [0.15, 0.2) is 48.5 Å². The summed E-state index contributed by atoms with van der Waals surface area (Å²) in [5.41, 5.74) is 3.21. The van der Waals surface area contributed by atoms with Gasteiger partial charge < -0.3 is 15.2 Å². The van der Waals surface area contributed by atoms with E-state index in [9.17, 15) is 5.11 Å². The van der Waals surface area contributed by atoms with Crippen molar-refractivity contribution in [3.8, 4) is 5.75 Å². The van der Waals surface area contributed by atoms with Gasteiger partial charge in [-0.15, -0.1) is 0 Å². The summed E-state index contributed by atoms with van der Waals surface area (Å²) in [6.45, 7) is 3.45. The van der Waals surface area contributed by atoms with Crippen molar-refractivity contribution in [3.05, 3.63) is 59.7 Å². The first-order valence-electron chi connectivity index (χ1n) is 7.48. The topological polar surface area (TPSA) is 41.5 Å². The summed E-state index contributed by atoms with van der Waals surface area (Å²) < 4.78 is 5.48. The average molecular weight is 285 g/mol. The van der Waals surface area contributed by atoms with Gasteiger partial charge >= 0.3 is 0 Å². The average Bonchev–Trinajstić information content (AvgIpc) is 2.54. The van der Waals surface area contributed by atoms with Gasteiger partial charge in [0.1, 0.15) is 5.75 Å². The SMILES string of the molecule is CCOc1ccc(NCCCc2ccccc2)cc1CO. The minimum absolute atomic E-state index is 0.00509. The summed E-state index contributed by atoms with van der Waals surface area (Å²) in [7, 11) is 0. The third-order valence-corrected chi connectivity index (χ3v) is 3.34. The van der Waals surface area contributed by atoms with Crippen LogP contribution in [0.4, 0.5) is 5.69 Å². The van der Waals surface area contributed by atoms with Crippen LogP contribution in [0.25, 0.3) is 0 Å². The zero-order chi connectivity index (χ0) is 14.9. The Morgan fingerprint density at radius 3 is 2.62 bits per heavy atom. The van der Waals surface area contributed by atoms with E-state index in [1.807, 2.05) is 31.2 Å². The highest BCUT2D eigenvalue weighted by atomic mass is 16.5. The Balaban J connectivity index is 1.83. The van der Waals surface area contributed by atoms with Gasteiger partial charge in [-0.1, -0.05) is 30.3 Å². The quantitative estimate of drug-likeness (QED) is 0.728. The van der Waals surface area contributed by atoms with Gasteiger partial charge in [0.25, 0.3) is 0 Å². The Morgan fingerprint density at radius 1 is 1.10 bits per heavy atom. The molecule has 3 nitrogen and oxygen atoms in total. The number of rotatable bonds is 8. The molecule has 2 aromatic carbocycles. The number of aryl methyl sites for hydroxylation is 1.